The van der Waals surface area contributed by atoms with E-state index in [-0.39, 0.29) is 11.7 Å². The zero-order valence-electron chi connectivity index (χ0n) is 13.9. The summed E-state index contributed by atoms with van der Waals surface area (Å²) in [6.07, 6.45) is -2.37. The van der Waals surface area contributed by atoms with Crippen molar-refractivity contribution in [1.29, 1.82) is 0 Å². The third kappa shape index (κ3) is 3.64. The number of carbonyl (C=O) groups excluding carboxylic acids is 1. The molecule has 0 atom stereocenters. The van der Waals surface area contributed by atoms with Gasteiger partial charge in [0, 0.05) is 41.7 Å². The molecule has 1 amide bonds. The molecule has 0 saturated heterocycles. The lowest BCUT2D eigenvalue weighted by Gasteiger charge is -2.11. The number of halogens is 3. The molecule has 0 unspecified atom stereocenters. The Morgan fingerprint density at radius 1 is 1.04 bits per heavy atom. The molecule has 2 aromatic heterocycles. The van der Waals surface area contributed by atoms with Gasteiger partial charge < -0.3 is 15.0 Å². The van der Waals surface area contributed by atoms with Crippen molar-refractivity contribution < 1.29 is 22.7 Å². The Morgan fingerprint density at radius 3 is 2.52 bits per heavy atom. The van der Waals surface area contributed by atoms with Crippen molar-refractivity contribution in [3.05, 3.63) is 59.9 Å². The van der Waals surface area contributed by atoms with Gasteiger partial charge in [0.1, 0.15) is 5.75 Å². The van der Waals surface area contributed by atoms with Gasteiger partial charge in [0.2, 0.25) is 0 Å². The number of H-pyrrole nitrogens is 1. The van der Waals surface area contributed by atoms with Crippen molar-refractivity contribution >= 4 is 5.91 Å². The summed E-state index contributed by atoms with van der Waals surface area (Å²) in [4.78, 5) is 19.5. The molecule has 4 rings (SSSR count). The number of pyridine rings is 1. The van der Waals surface area contributed by atoms with E-state index in [0.717, 1.165) is 23.4 Å². The lowest BCUT2D eigenvalue weighted by molar-refractivity contribution is -0.274. The van der Waals surface area contributed by atoms with E-state index >= 15 is 0 Å². The minimum absolute atomic E-state index is 0.103. The highest BCUT2D eigenvalue weighted by Gasteiger charge is 2.31. The van der Waals surface area contributed by atoms with Gasteiger partial charge in [-0.25, -0.2) is 0 Å². The number of ether oxygens (including phenoxy) is 1. The summed E-state index contributed by atoms with van der Waals surface area (Å²) >= 11 is 0. The maximum Gasteiger partial charge on any atom is 0.573 e. The Hall–Kier alpha value is -3.29. The van der Waals surface area contributed by atoms with Crippen LogP contribution in [-0.2, 0) is 6.42 Å². The van der Waals surface area contributed by atoms with Crippen LogP contribution in [0.4, 0.5) is 13.2 Å². The zero-order chi connectivity index (χ0) is 19.0. The number of rotatable bonds is 3. The van der Waals surface area contributed by atoms with E-state index in [1.807, 2.05) is 6.07 Å². The molecule has 1 aromatic carbocycles. The van der Waals surface area contributed by atoms with Crippen molar-refractivity contribution in [1.82, 2.24) is 15.3 Å². The average molecular weight is 373 g/mol. The van der Waals surface area contributed by atoms with Gasteiger partial charge in [-0.1, -0.05) is 0 Å². The van der Waals surface area contributed by atoms with Gasteiger partial charge in [0.25, 0.3) is 5.91 Å². The minimum Gasteiger partial charge on any atom is -0.406 e. The Bertz CT molecular complexity index is 994. The van der Waals surface area contributed by atoms with Crippen LogP contribution in [0.3, 0.4) is 0 Å². The van der Waals surface area contributed by atoms with Crippen LogP contribution >= 0.6 is 0 Å². The third-order valence-electron chi connectivity index (χ3n) is 4.26. The number of fused-ring (bicyclic) bond motifs is 1. The standard InChI is InChI=1S/C19H14F3N3O2/c20-19(21,22)27-13-3-1-11(2-4-13)16-9-12(5-7-23-16)17-10-14-15(25-17)6-8-24-18(14)26/h1-5,7,9-10,25H,6,8H2,(H,24,26). The number of amides is 1. The van der Waals surface area contributed by atoms with E-state index in [1.54, 1.807) is 18.3 Å². The van der Waals surface area contributed by atoms with Gasteiger partial charge in [0.05, 0.1) is 11.3 Å². The summed E-state index contributed by atoms with van der Waals surface area (Å²) in [7, 11) is 0. The first-order chi connectivity index (χ1) is 12.9. The van der Waals surface area contributed by atoms with E-state index in [1.165, 1.54) is 24.3 Å². The first-order valence-electron chi connectivity index (χ1n) is 8.22. The summed E-state index contributed by atoms with van der Waals surface area (Å²) in [5, 5.41) is 2.80. The predicted molar refractivity (Wildman–Crippen MR) is 92.2 cm³/mol. The van der Waals surface area contributed by atoms with E-state index in [0.29, 0.717) is 23.4 Å². The number of aromatic amines is 1. The zero-order valence-corrected chi connectivity index (χ0v) is 13.9. The van der Waals surface area contributed by atoms with Crippen molar-refractivity contribution in [2.24, 2.45) is 0 Å². The van der Waals surface area contributed by atoms with Crippen LogP contribution < -0.4 is 10.1 Å². The number of alkyl halides is 3. The largest absolute Gasteiger partial charge is 0.573 e. The van der Waals surface area contributed by atoms with Crippen molar-refractivity contribution in [3.63, 3.8) is 0 Å². The summed E-state index contributed by atoms with van der Waals surface area (Å²) < 4.78 is 40.7. The highest BCUT2D eigenvalue weighted by molar-refractivity contribution is 5.97. The molecule has 3 heterocycles. The molecule has 8 heteroatoms. The summed E-state index contributed by atoms with van der Waals surface area (Å²) in [5.41, 5.74) is 4.39. The first kappa shape index (κ1) is 17.1. The van der Waals surface area contributed by atoms with Crippen LogP contribution in [0.2, 0.25) is 0 Å². The van der Waals surface area contributed by atoms with Crippen LogP contribution in [0.15, 0.2) is 48.7 Å². The highest BCUT2D eigenvalue weighted by atomic mass is 19.4. The molecule has 0 saturated carbocycles. The number of aromatic nitrogens is 2. The molecule has 0 bridgehead atoms. The molecular weight excluding hydrogens is 359 g/mol. The predicted octanol–water partition coefficient (Wildman–Crippen LogP) is 3.93. The fraction of sp³-hybridized carbons (Fsp3) is 0.158. The molecular formula is C19H14F3N3O2. The Labute approximate surface area is 152 Å². The smallest absolute Gasteiger partial charge is 0.406 e. The molecule has 27 heavy (non-hydrogen) atoms. The SMILES string of the molecule is O=C1NCCc2[nH]c(-c3ccnc(-c4ccc(OC(F)(F)F)cc4)c3)cc21. The lowest BCUT2D eigenvalue weighted by atomic mass is 10.1. The molecule has 0 spiro atoms. The second-order valence-electron chi connectivity index (χ2n) is 6.08. The van der Waals surface area contributed by atoms with Crippen LogP contribution in [0.25, 0.3) is 22.5 Å². The molecule has 1 aliphatic heterocycles. The summed E-state index contributed by atoms with van der Waals surface area (Å²) in [6.45, 7) is 0.597. The number of hydrogen-bond donors (Lipinski definition) is 2. The quantitative estimate of drug-likeness (QED) is 0.731. The molecule has 2 N–H and O–H groups in total. The van der Waals surface area contributed by atoms with E-state index in [4.69, 9.17) is 0 Å². The van der Waals surface area contributed by atoms with Gasteiger partial charge in [-0.3, -0.25) is 9.78 Å². The second kappa shape index (κ2) is 6.46. The van der Waals surface area contributed by atoms with E-state index < -0.39 is 6.36 Å². The number of hydrogen-bond acceptors (Lipinski definition) is 3. The maximum absolute atomic E-state index is 12.3. The van der Waals surface area contributed by atoms with E-state index in [2.05, 4.69) is 20.0 Å². The van der Waals surface area contributed by atoms with Crippen molar-refractivity contribution in [2.45, 2.75) is 12.8 Å². The van der Waals surface area contributed by atoms with Crippen molar-refractivity contribution in [2.75, 3.05) is 6.54 Å². The van der Waals surface area contributed by atoms with Gasteiger partial charge in [-0.2, -0.15) is 0 Å². The topological polar surface area (TPSA) is 67.0 Å². The fourth-order valence-corrected chi connectivity index (χ4v) is 3.03. The minimum atomic E-state index is -4.72. The van der Waals surface area contributed by atoms with Gasteiger partial charge >= 0.3 is 6.36 Å². The summed E-state index contributed by atoms with van der Waals surface area (Å²) in [6, 6.07) is 10.9. The second-order valence-corrected chi connectivity index (χ2v) is 6.08. The average Bonchev–Trinajstić information content (AvgIpc) is 3.07. The highest BCUT2D eigenvalue weighted by Crippen LogP contribution is 2.29. The first-order valence-corrected chi connectivity index (χ1v) is 8.22. The molecule has 0 fully saturated rings. The third-order valence-corrected chi connectivity index (χ3v) is 4.26. The van der Waals surface area contributed by atoms with Crippen LogP contribution in [0.5, 0.6) is 5.75 Å². The van der Waals surface area contributed by atoms with Gasteiger partial charge in [-0.15, -0.1) is 13.2 Å². The maximum atomic E-state index is 12.3. The molecule has 138 valence electrons. The number of carbonyl (C=O) groups is 1. The molecule has 0 radical (unpaired) electrons. The van der Waals surface area contributed by atoms with Crippen molar-refractivity contribution in [3.8, 4) is 28.3 Å². The van der Waals surface area contributed by atoms with Gasteiger partial charge in [0.15, 0.2) is 0 Å². The lowest BCUT2D eigenvalue weighted by Crippen LogP contribution is -2.31. The van der Waals surface area contributed by atoms with Gasteiger partial charge in [-0.05, 0) is 42.5 Å². The Kier molecular flexibility index (Phi) is 4.10. The summed E-state index contributed by atoms with van der Waals surface area (Å²) in [5.74, 6) is -0.390. The van der Waals surface area contributed by atoms with Crippen LogP contribution in [0.1, 0.15) is 16.1 Å². The molecule has 1 aliphatic rings. The Balaban J connectivity index is 1.62. The molecule has 0 aliphatic carbocycles. The van der Waals surface area contributed by atoms with E-state index in [9.17, 15) is 18.0 Å². The molecule has 5 nitrogen and oxygen atoms in total. The number of nitrogens with zero attached hydrogens (tertiary/aromatic N) is 1. The van der Waals surface area contributed by atoms with Crippen LogP contribution in [-0.4, -0.2) is 28.8 Å². The Morgan fingerprint density at radius 2 is 1.81 bits per heavy atom. The normalized spacial score (nSPS) is 13.8. The monoisotopic (exact) mass is 373 g/mol. The number of nitrogens with one attached hydrogen (secondary N) is 2. The fourth-order valence-electron chi connectivity index (χ4n) is 3.03. The molecule has 3 aromatic rings. The number of benzene rings is 1. The van der Waals surface area contributed by atoms with Crippen LogP contribution in [0, 0.1) is 0 Å².